The summed E-state index contributed by atoms with van der Waals surface area (Å²) in [6.07, 6.45) is 3.03. The van der Waals surface area contributed by atoms with E-state index in [4.69, 9.17) is 0 Å². The van der Waals surface area contributed by atoms with Crippen molar-refractivity contribution >= 4 is 17.7 Å². The first-order valence-electron chi connectivity index (χ1n) is 11.4. The summed E-state index contributed by atoms with van der Waals surface area (Å²) in [5.41, 5.74) is 3.54. The Kier molecular flexibility index (Phi) is 6.86. The molecule has 0 aliphatic carbocycles. The van der Waals surface area contributed by atoms with Crippen LogP contribution in [0, 0.1) is 5.82 Å². The van der Waals surface area contributed by atoms with Gasteiger partial charge in [-0.15, -0.1) is 0 Å². The Bertz CT molecular complexity index is 1220. The van der Waals surface area contributed by atoms with Gasteiger partial charge in [0.15, 0.2) is 0 Å². The van der Waals surface area contributed by atoms with E-state index in [-0.39, 0.29) is 23.5 Å². The first-order chi connectivity index (χ1) is 16.4. The van der Waals surface area contributed by atoms with Crippen molar-refractivity contribution in [2.24, 2.45) is 0 Å². The SMILES string of the molecule is CCCCN1C(=O)c2ccc(C(=O)N(C)CCCc3cc(-c4ccc(F)cc4)n[nH]3)cc2C1=O. The molecule has 0 fully saturated rings. The number of carbonyl (C=O) groups excluding carboxylic acids is 3. The van der Waals surface area contributed by atoms with Gasteiger partial charge in [-0.1, -0.05) is 13.3 Å². The number of amides is 3. The zero-order valence-corrected chi connectivity index (χ0v) is 19.3. The molecular formula is C26H27FN4O3. The lowest BCUT2D eigenvalue weighted by atomic mass is 10.0. The van der Waals surface area contributed by atoms with E-state index < -0.39 is 0 Å². The Labute approximate surface area is 197 Å². The van der Waals surface area contributed by atoms with Gasteiger partial charge in [-0.3, -0.25) is 24.4 Å². The molecule has 0 unspecified atom stereocenters. The highest BCUT2D eigenvalue weighted by Crippen LogP contribution is 2.25. The second kappa shape index (κ2) is 9.99. The lowest BCUT2D eigenvalue weighted by molar-refractivity contribution is 0.0652. The Morgan fingerprint density at radius 2 is 1.76 bits per heavy atom. The van der Waals surface area contributed by atoms with Gasteiger partial charge in [0, 0.05) is 37.0 Å². The number of unbranched alkanes of at least 4 members (excludes halogenated alkanes) is 1. The number of halogens is 1. The third-order valence-corrected chi connectivity index (χ3v) is 6.01. The lowest BCUT2D eigenvalue weighted by Crippen LogP contribution is -2.30. The lowest BCUT2D eigenvalue weighted by Gasteiger charge is -2.17. The van der Waals surface area contributed by atoms with Crippen LogP contribution in [0.2, 0.25) is 0 Å². The predicted molar refractivity (Wildman–Crippen MR) is 126 cm³/mol. The molecule has 0 radical (unpaired) electrons. The number of aromatic nitrogens is 2. The number of fused-ring (bicyclic) bond motifs is 1. The molecule has 4 rings (SSSR count). The smallest absolute Gasteiger partial charge is 0.261 e. The summed E-state index contributed by atoms with van der Waals surface area (Å²) < 4.78 is 13.1. The fraction of sp³-hybridized carbons (Fsp3) is 0.308. The van der Waals surface area contributed by atoms with E-state index in [1.165, 1.54) is 23.1 Å². The zero-order valence-electron chi connectivity index (χ0n) is 19.3. The molecule has 0 bridgehead atoms. The molecule has 1 aliphatic heterocycles. The molecule has 1 aromatic heterocycles. The van der Waals surface area contributed by atoms with Crippen LogP contribution in [0.1, 0.15) is 63.0 Å². The molecule has 1 N–H and O–H groups in total. The number of rotatable bonds is 9. The van der Waals surface area contributed by atoms with Gasteiger partial charge in [0.05, 0.1) is 16.8 Å². The zero-order chi connectivity index (χ0) is 24.2. The topological polar surface area (TPSA) is 86.4 Å². The number of carbonyl (C=O) groups is 3. The van der Waals surface area contributed by atoms with Gasteiger partial charge in [0.25, 0.3) is 17.7 Å². The largest absolute Gasteiger partial charge is 0.342 e. The highest BCUT2D eigenvalue weighted by molar-refractivity contribution is 6.22. The summed E-state index contributed by atoms with van der Waals surface area (Å²) in [4.78, 5) is 40.9. The number of benzene rings is 2. The van der Waals surface area contributed by atoms with Gasteiger partial charge < -0.3 is 4.90 Å². The van der Waals surface area contributed by atoms with Gasteiger partial charge in [-0.2, -0.15) is 5.10 Å². The maximum atomic E-state index is 13.1. The highest BCUT2D eigenvalue weighted by atomic mass is 19.1. The fourth-order valence-corrected chi connectivity index (χ4v) is 4.03. The summed E-state index contributed by atoms with van der Waals surface area (Å²) in [6, 6.07) is 12.8. The number of aromatic amines is 1. The summed E-state index contributed by atoms with van der Waals surface area (Å²) in [7, 11) is 1.72. The van der Waals surface area contributed by atoms with Crippen LogP contribution in [0.3, 0.4) is 0 Å². The fourth-order valence-electron chi connectivity index (χ4n) is 4.03. The van der Waals surface area contributed by atoms with Gasteiger partial charge in [0.1, 0.15) is 5.82 Å². The summed E-state index contributed by atoms with van der Waals surface area (Å²) >= 11 is 0. The number of nitrogens with one attached hydrogen (secondary N) is 1. The first-order valence-corrected chi connectivity index (χ1v) is 11.4. The first kappa shape index (κ1) is 23.4. The second-order valence-electron chi connectivity index (χ2n) is 8.49. The molecule has 3 amide bonds. The molecule has 0 saturated heterocycles. The van der Waals surface area contributed by atoms with Crippen molar-refractivity contribution < 1.29 is 18.8 Å². The minimum atomic E-state index is -0.332. The summed E-state index contributed by atoms with van der Waals surface area (Å²) in [5.74, 6) is -1.12. The third-order valence-electron chi connectivity index (χ3n) is 6.01. The van der Waals surface area contributed by atoms with E-state index in [1.54, 1.807) is 36.2 Å². The molecular weight excluding hydrogens is 435 g/mol. The molecule has 176 valence electrons. The minimum absolute atomic E-state index is 0.202. The van der Waals surface area contributed by atoms with Crippen molar-refractivity contribution in [2.75, 3.05) is 20.1 Å². The number of imide groups is 1. The number of aryl methyl sites for hydroxylation is 1. The number of hydrogen-bond donors (Lipinski definition) is 1. The minimum Gasteiger partial charge on any atom is -0.342 e. The average molecular weight is 463 g/mol. The number of H-pyrrole nitrogens is 1. The maximum Gasteiger partial charge on any atom is 0.261 e. The molecule has 2 aromatic carbocycles. The van der Waals surface area contributed by atoms with Crippen LogP contribution in [0.4, 0.5) is 4.39 Å². The molecule has 3 aromatic rings. The van der Waals surface area contributed by atoms with E-state index in [0.717, 1.165) is 29.8 Å². The van der Waals surface area contributed by atoms with E-state index in [0.29, 0.717) is 42.6 Å². The Morgan fingerprint density at radius 1 is 1.03 bits per heavy atom. The standard InChI is InChI=1S/C26H27FN4O3/c1-3-4-14-31-25(33)21-12-9-18(15-22(21)26(31)34)24(32)30(2)13-5-6-20-16-23(29-28-20)17-7-10-19(27)11-8-17/h7-12,15-16H,3-6,13-14H2,1-2H3,(H,28,29). The van der Waals surface area contributed by atoms with Gasteiger partial charge >= 0.3 is 0 Å². The van der Waals surface area contributed by atoms with Crippen LogP contribution in [0.25, 0.3) is 11.3 Å². The van der Waals surface area contributed by atoms with Gasteiger partial charge in [-0.25, -0.2) is 4.39 Å². The Morgan fingerprint density at radius 3 is 2.50 bits per heavy atom. The third kappa shape index (κ3) is 4.76. The van der Waals surface area contributed by atoms with Crippen molar-refractivity contribution in [1.82, 2.24) is 20.0 Å². The molecule has 7 nitrogen and oxygen atoms in total. The van der Waals surface area contributed by atoms with E-state index in [9.17, 15) is 18.8 Å². The summed E-state index contributed by atoms with van der Waals surface area (Å²) in [6.45, 7) is 2.90. The van der Waals surface area contributed by atoms with Gasteiger partial charge in [-0.05, 0) is 67.8 Å². The number of nitrogens with zero attached hydrogens (tertiary/aromatic N) is 3. The van der Waals surface area contributed by atoms with Crippen LogP contribution in [0.15, 0.2) is 48.5 Å². The predicted octanol–water partition coefficient (Wildman–Crippen LogP) is 4.32. The van der Waals surface area contributed by atoms with Crippen LogP contribution >= 0.6 is 0 Å². The van der Waals surface area contributed by atoms with Crippen molar-refractivity contribution in [2.45, 2.75) is 32.6 Å². The van der Waals surface area contributed by atoms with Crippen LogP contribution in [-0.4, -0.2) is 57.9 Å². The Balaban J connectivity index is 1.34. The molecule has 0 saturated carbocycles. The molecule has 0 spiro atoms. The molecule has 8 heteroatoms. The van der Waals surface area contributed by atoms with Crippen molar-refractivity contribution in [3.63, 3.8) is 0 Å². The van der Waals surface area contributed by atoms with Crippen molar-refractivity contribution in [3.05, 3.63) is 76.7 Å². The monoisotopic (exact) mass is 462 g/mol. The normalized spacial score (nSPS) is 12.9. The highest BCUT2D eigenvalue weighted by Gasteiger charge is 2.35. The average Bonchev–Trinajstić information content (AvgIpc) is 3.40. The Hall–Kier alpha value is -3.81. The molecule has 34 heavy (non-hydrogen) atoms. The number of hydrogen-bond acceptors (Lipinski definition) is 4. The molecule has 2 heterocycles. The van der Waals surface area contributed by atoms with Crippen LogP contribution in [-0.2, 0) is 6.42 Å². The molecule has 1 aliphatic rings. The van der Waals surface area contributed by atoms with Gasteiger partial charge in [0.2, 0.25) is 0 Å². The quantitative estimate of drug-likeness (QED) is 0.480. The maximum absolute atomic E-state index is 13.1. The van der Waals surface area contributed by atoms with E-state index in [2.05, 4.69) is 10.2 Å². The van der Waals surface area contributed by atoms with Crippen LogP contribution in [0.5, 0.6) is 0 Å². The second-order valence-corrected chi connectivity index (χ2v) is 8.49. The van der Waals surface area contributed by atoms with Crippen LogP contribution < -0.4 is 0 Å². The molecule has 0 atom stereocenters. The van der Waals surface area contributed by atoms with E-state index >= 15 is 0 Å². The van der Waals surface area contributed by atoms with Crippen molar-refractivity contribution in [3.8, 4) is 11.3 Å². The summed E-state index contributed by atoms with van der Waals surface area (Å²) in [5, 5.41) is 7.26. The van der Waals surface area contributed by atoms with Crippen molar-refractivity contribution in [1.29, 1.82) is 0 Å². The van der Waals surface area contributed by atoms with E-state index in [1.807, 2.05) is 13.0 Å².